The van der Waals surface area contributed by atoms with Crippen LogP contribution < -0.4 is 4.74 Å². The normalized spacial score (nSPS) is 12.2. The minimum Gasteiger partial charge on any atom is -0.497 e. The topological polar surface area (TPSA) is 35.5 Å². The lowest BCUT2D eigenvalue weighted by molar-refractivity contribution is 0.0910. The SMILES string of the molecule is COc1ccc(C(=O)CC(Br)OC)cc1. The lowest BCUT2D eigenvalue weighted by atomic mass is 10.1. The maximum absolute atomic E-state index is 11.7. The lowest BCUT2D eigenvalue weighted by Gasteiger charge is -2.06. The summed E-state index contributed by atoms with van der Waals surface area (Å²) in [5.74, 6) is 0.787. The fourth-order valence-corrected chi connectivity index (χ4v) is 1.42. The molecular weight excluding hydrogens is 260 g/mol. The second-order valence-electron chi connectivity index (χ2n) is 3.00. The van der Waals surface area contributed by atoms with Crippen molar-refractivity contribution in [3.8, 4) is 5.75 Å². The minimum absolute atomic E-state index is 0.0429. The summed E-state index contributed by atoms with van der Waals surface area (Å²) in [7, 11) is 3.15. The van der Waals surface area contributed by atoms with Crippen LogP contribution in [0.5, 0.6) is 5.75 Å². The van der Waals surface area contributed by atoms with Crippen LogP contribution in [0.3, 0.4) is 0 Å². The Balaban J connectivity index is 2.66. The summed E-state index contributed by atoms with van der Waals surface area (Å²) in [5, 5.41) is -0.230. The van der Waals surface area contributed by atoms with Crippen molar-refractivity contribution in [3.05, 3.63) is 29.8 Å². The van der Waals surface area contributed by atoms with Gasteiger partial charge in [0.2, 0.25) is 0 Å². The third kappa shape index (κ3) is 3.64. The van der Waals surface area contributed by atoms with Crippen molar-refractivity contribution in [1.29, 1.82) is 0 Å². The van der Waals surface area contributed by atoms with Gasteiger partial charge in [-0.3, -0.25) is 4.79 Å². The third-order valence-electron chi connectivity index (χ3n) is 2.01. The summed E-state index contributed by atoms with van der Waals surface area (Å²) >= 11 is 3.24. The van der Waals surface area contributed by atoms with Crippen LogP contribution in [-0.4, -0.2) is 25.0 Å². The van der Waals surface area contributed by atoms with E-state index in [1.165, 1.54) is 0 Å². The van der Waals surface area contributed by atoms with Gasteiger partial charge in [-0.2, -0.15) is 0 Å². The first-order valence-electron chi connectivity index (χ1n) is 4.51. The molecular formula is C11H13BrO3. The predicted octanol–water partition coefficient (Wildman–Crippen LogP) is 2.64. The van der Waals surface area contributed by atoms with Gasteiger partial charge < -0.3 is 9.47 Å². The monoisotopic (exact) mass is 272 g/mol. The molecule has 0 spiro atoms. The highest BCUT2D eigenvalue weighted by Crippen LogP contribution is 2.15. The van der Waals surface area contributed by atoms with Gasteiger partial charge in [-0.1, -0.05) is 15.9 Å². The number of hydrogen-bond acceptors (Lipinski definition) is 3. The van der Waals surface area contributed by atoms with E-state index in [4.69, 9.17) is 9.47 Å². The Morgan fingerprint density at radius 3 is 2.40 bits per heavy atom. The van der Waals surface area contributed by atoms with Crippen molar-refractivity contribution in [2.75, 3.05) is 14.2 Å². The second-order valence-corrected chi connectivity index (χ2v) is 4.02. The van der Waals surface area contributed by atoms with E-state index in [0.29, 0.717) is 12.0 Å². The number of hydrogen-bond donors (Lipinski definition) is 0. The van der Waals surface area contributed by atoms with E-state index >= 15 is 0 Å². The van der Waals surface area contributed by atoms with Gasteiger partial charge in [-0.15, -0.1) is 0 Å². The largest absolute Gasteiger partial charge is 0.497 e. The molecule has 0 aliphatic heterocycles. The molecule has 0 N–H and O–H groups in total. The quantitative estimate of drug-likeness (QED) is 0.611. The molecule has 0 bridgehead atoms. The van der Waals surface area contributed by atoms with E-state index in [9.17, 15) is 4.79 Å². The van der Waals surface area contributed by atoms with Crippen LogP contribution in [0, 0.1) is 0 Å². The molecule has 0 aliphatic carbocycles. The van der Waals surface area contributed by atoms with E-state index in [1.807, 2.05) is 0 Å². The average Bonchev–Trinajstić information content (AvgIpc) is 2.29. The van der Waals surface area contributed by atoms with E-state index < -0.39 is 0 Å². The molecule has 1 aromatic rings. The van der Waals surface area contributed by atoms with Crippen LogP contribution in [0.1, 0.15) is 16.8 Å². The molecule has 15 heavy (non-hydrogen) atoms. The van der Waals surface area contributed by atoms with E-state index in [1.54, 1.807) is 38.5 Å². The maximum Gasteiger partial charge on any atom is 0.166 e. The smallest absolute Gasteiger partial charge is 0.166 e. The Bertz CT molecular complexity index is 321. The van der Waals surface area contributed by atoms with Crippen LogP contribution in [-0.2, 0) is 4.74 Å². The van der Waals surface area contributed by atoms with Gasteiger partial charge >= 0.3 is 0 Å². The summed E-state index contributed by atoms with van der Waals surface area (Å²) in [5.41, 5.74) is 0.664. The number of methoxy groups -OCH3 is 2. The van der Waals surface area contributed by atoms with Crippen molar-refractivity contribution in [2.45, 2.75) is 11.4 Å². The van der Waals surface area contributed by atoms with Crippen LogP contribution in [0.4, 0.5) is 0 Å². The Kier molecular flexibility index (Phi) is 4.78. The molecule has 0 aliphatic rings. The number of halogens is 1. The zero-order chi connectivity index (χ0) is 11.3. The van der Waals surface area contributed by atoms with Gasteiger partial charge in [0.15, 0.2) is 5.78 Å². The first-order chi connectivity index (χ1) is 7.17. The molecule has 3 nitrogen and oxygen atoms in total. The van der Waals surface area contributed by atoms with Crippen LogP contribution in [0.25, 0.3) is 0 Å². The van der Waals surface area contributed by atoms with Crippen molar-refractivity contribution in [1.82, 2.24) is 0 Å². The van der Waals surface area contributed by atoms with Gasteiger partial charge in [-0.05, 0) is 24.3 Å². The molecule has 0 saturated heterocycles. The van der Waals surface area contributed by atoms with Gasteiger partial charge in [0, 0.05) is 19.1 Å². The molecule has 0 heterocycles. The molecule has 1 unspecified atom stereocenters. The van der Waals surface area contributed by atoms with E-state index in [2.05, 4.69) is 15.9 Å². The minimum atomic E-state index is -0.230. The molecule has 82 valence electrons. The fourth-order valence-electron chi connectivity index (χ4n) is 1.12. The van der Waals surface area contributed by atoms with Crippen molar-refractivity contribution in [3.63, 3.8) is 0 Å². The molecule has 1 rings (SSSR count). The highest BCUT2D eigenvalue weighted by molar-refractivity contribution is 9.09. The Morgan fingerprint density at radius 2 is 1.93 bits per heavy atom. The standard InChI is InChI=1S/C11H13BrO3/c1-14-9-5-3-8(4-6-9)10(13)7-11(12)15-2/h3-6,11H,7H2,1-2H3. The number of carbonyl (C=O) groups is 1. The fraction of sp³-hybridized carbons (Fsp3) is 0.364. The highest BCUT2D eigenvalue weighted by Gasteiger charge is 2.11. The molecule has 4 heteroatoms. The highest BCUT2D eigenvalue weighted by atomic mass is 79.9. The van der Waals surface area contributed by atoms with Crippen molar-refractivity contribution in [2.24, 2.45) is 0 Å². The number of rotatable bonds is 5. The molecule has 0 saturated carbocycles. The van der Waals surface area contributed by atoms with Crippen LogP contribution >= 0.6 is 15.9 Å². The number of benzene rings is 1. The van der Waals surface area contributed by atoms with Gasteiger partial charge in [0.1, 0.15) is 10.8 Å². The van der Waals surface area contributed by atoms with Gasteiger partial charge in [0.25, 0.3) is 0 Å². The van der Waals surface area contributed by atoms with Crippen molar-refractivity contribution < 1.29 is 14.3 Å². The zero-order valence-corrected chi connectivity index (χ0v) is 10.3. The summed E-state index contributed by atoms with van der Waals surface area (Å²) in [4.78, 5) is 11.7. The second kappa shape index (κ2) is 5.88. The Labute approximate surface area is 97.5 Å². The van der Waals surface area contributed by atoms with Crippen LogP contribution in [0.15, 0.2) is 24.3 Å². The number of ether oxygens (including phenoxy) is 2. The van der Waals surface area contributed by atoms with Gasteiger partial charge in [0.05, 0.1) is 7.11 Å². The molecule has 0 radical (unpaired) electrons. The summed E-state index contributed by atoms with van der Waals surface area (Å²) in [6.45, 7) is 0. The first-order valence-corrected chi connectivity index (χ1v) is 5.43. The first kappa shape index (κ1) is 12.2. The molecule has 1 aromatic carbocycles. The van der Waals surface area contributed by atoms with Gasteiger partial charge in [-0.25, -0.2) is 0 Å². The molecule has 1 atom stereocenters. The summed E-state index contributed by atoms with van der Waals surface area (Å²) in [6.07, 6.45) is 0.322. The predicted molar refractivity (Wildman–Crippen MR) is 61.7 cm³/mol. The number of alkyl halides is 1. The third-order valence-corrected chi connectivity index (χ3v) is 2.71. The number of carbonyl (C=O) groups excluding carboxylic acids is 1. The Morgan fingerprint density at radius 1 is 1.33 bits per heavy atom. The molecule has 0 aromatic heterocycles. The number of ketones is 1. The Hall–Kier alpha value is -0.870. The average molecular weight is 273 g/mol. The molecule has 0 fully saturated rings. The van der Waals surface area contributed by atoms with Crippen LogP contribution in [0.2, 0.25) is 0 Å². The van der Waals surface area contributed by atoms with E-state index in [-0.39, 0.29) is 10.8 Å². The summed E-state index contributed by atoms with van der Waals surface area (Å²) < 4.78 is 9.96. The van der Waals surface area contributed by atoms with Crippen molar-refractivity contribution >= 4 is 21.7 Å². The maximum atomic E-state index is 11.7. The summed E-state index contributed by atoms with van der Waals surface area (Å²) in [6, 6.07) is 7.03. The molecule has 0 amide bonds. The van der Waals surface area contributed by atoms with E-state index in [0.717, 1.165) is 5.75 Å². The lowest BCUT2D eigenvalue weighted by Crippen LogP contribution is -2.09. The zero-order valence-electron chi connectivity index (χ0n) is 8.70. The number of Topliss-reactive ketones (excluding diaryl/α,β-unsaturated/α-hetero) is 1.